The fourth-order valence-electron chi connectivity index (χ4n) is 2.56. The van der Waals surface area contributed by atoms with Crippen molar-refractivity contribution in [3.05, 3.63) is 0 Å². The second-order valence-corrected chi connectivity index (χ2v) is 5.31. The molecule has 0 aromatic heterocycles. The summed E-state index contributed by atoms with van der Waals surface area (Å²) in [5.41, 5.74) is 0. The molecular weight excluding hydrogens is 202 g/mol. The van der Waals surface area contributed by atoms with Crippen LogP contribution < -0.4 is 5.32 Å². The normalized spacial score (nSPS) is 19.2. The molecule has 1 fully saturated rings. The molecule has 0 heterocycles. The van der Waals surface area contributed by atoms with E-state index in [1.807, 2.05) is 13.8 Å². The minimum absolute atomic E-state index is 0.156. The lowest BCUT2D eigenvalue weighted by Crippen LogP contribution is -2.41. The first kappa shape index (κ1) is 13.5. The van der Waals surface area contributed by atoms with Crippen LogP contribution in [-0.4, -0.2) is 23.7 Å². The summed E-state index contributed by atoms with van der Waals surface area (Å²) in [6.07, 6.45) is 7.92. The highest BCUT2D eigenvalue weighted by Gasteiger charge is 2.20. The van der Waals surface area contributed by atoms with Crippen molar-refractivity contribution in [3.63, 3.8) is 0 Å². The van der Waals surface area contributed by atoms with Crippen molar-refractivity contribution < 1.29 is 9.90 Å². The largest absolute Gasteiger partial charge is 0.480 e. The number of aliphatic carboxylic acids is 1. The molecule has 1 saturated carbocycles. The zero-order valence-corrected chi connectivity index (χ0v) is 10.5. The lowest BCUT2D eigenvalue weighted by Gasteiger charge is -2.18. The van der Waals surface area contributed by atoms with Gasteiger partial charge in [-0.2, -0.15) is 0 Å². The van der Waals surface area contributed by atoms with E-state index in [0.717, 1.165) is 18.9 Å². The molecule has 94 valence electrons. The van der Waals surface area contributed by atoms with E-state index in [4.69, 9.17) is 5.11 Å². The van der Waals surface area contributed by atoms with Gasteiger partial charge in [0, 0.05) is 0 Å². The van der Waals surface area contributed by atoms with Crippen molar-refractivity contribution in [2.45, 2.75) is 58.4 Å². The van der Waals surface area contributed by atoms with Gasteiger partial charge in [0.2, 0.25) is 0 Å². The Morgan fingerprint density at radius 1 is 1.38 bits per heavy atom. The maximum Gasteiger partial charge on any atom is 0.320 e. The Morgan fingerprint density at radius 2 is 2.00 bits per heavy atom. The molecule has 0 aliphatic heterocycles. The highest BCUT2D eigenvalue weighted by atomic mass is 16.4. The first-order valence-corrected chi connectivity index (χ1v) is 6.57. The highest BCUT2D eigenvalue weighted by molar-refractivity contribution is 5.73. The summed E-state index contributed by atoms with van der Waals surface area (Å²) in [5, 5.41) is 12.1. The van der Waals surface area contributed by atoms with E-state index in [2.05, 4.69) is 5.32 Å². The molecule has 0 spiro atoms. The van der Waals surface area contributed by atoms with Gasteiger partial charge in [-0.15, -0.1) is 0 Å². The van der Waals surface area contributed by atoms with Crippen LogP contribution >= 0.6 is 0 Å². The first-order chi connectivity index (χ1) is 7.61. The van der Waals surface area contributed by atoms with Crippen molar-refractivity contribution in [1.29, 1.82) is 0 Å². The van der Waals surface area contributed by atoms with E-state index in [1.165, 1.54) is 32.1 Å². The number of carboxylic acid groups (broad SMARTS) is 1. The van der Waals surface area contributed by atoms with E-state index < -0.39 is 5.97 Å². The molecule has 1 aliphatic rings. The zero-order valence-electron chi connectivity index (χ0n) is 10.5. The molecule has 0 bridgehead atoms. The average Bonchev–Trinajstić information content (AvgIpc) is 2.68. The quantitative estimate of drug-likeness (QED) is 0.657. The summed E-state index contributed by atoms with van der Waals surface area (Å²) in [7, 11) is 0. The Labute approximate surface area is 98.6 Å². The topological polar surface area (TPSA) is 49.3 Å². The van der Waals surface area contributed by atoms with E-state index in [9.17, 15) is 4.79 Å². The van der Waals surface area contributed by atoms with E-state index >= 15 is 0 Å². The smallest absolute Gasteiger partial charge is 0.320 e. The summed E-state index contributed by atoms with van der Waals surface area (Å²) >= 11 is 0. The van der Waals surface area contributed by atoms with Gasteiger partial charge in [0.15, 0.2) is 0 Å². The predicted octanol–water partition coefficient (Wildman–Crippen LogP) is 2.66. The highest BCUT2D eigenvalue weighted by Crippen LogP contribution is 2.28. The Balaban J connectivity index is 2.10. The minimum atomic E-state index is -0.726. The Morgan fingerprint density at radius 3 is 2.50 bits per heavy atom. The molecule has 0 saturated heterocycles. The summed E-state index contributed by atoms with van der Waals surface area (Å²) < 4.78 is 0. The third-order valence-electron chi connectivity index (χ3n) is 3.56. The monoisotopic (exact) mass is 227 g/mol. The van der Waals surface area contributed by atoms with Crippen LogP contribution in [-0.2, 0) is 4.79 Å². The van der Waals surface area contributed by atoms with Crippen molar-refractivity contribution >= 4 is 5.97 Å². The molecular formula is C13H25NO2. The minimum Gasteiger partial charge on any atom is -0.480 e. The molecule has 0 amide bonds. The van der Waals surface area contributed by atoms with E-state index in [-0.39, 0.29) is 12.0 Å². The first-order valence-electron chi connectivity index (χ1n) is 6.57. The number of hydrogen-bond donors (Lipinski definition) is 2. The third kappa shape index (κ3) is 4.52. The number of carbonyl (C=O) groups is 1. The van der Waals surface area contributed by atoms with E-state index in [1.54, 1.807) is 0 Å². The zero-order chi connectivity index (χ0) is 12.0. The number of carboxylic acids is 1. The molecule has 3 nitrogen and oxygen atoms in total. The van der Waals surface area contributed by atoms with Crippen LogP contribution in [0.4, 0.5) is 0 Å². The van der Waals surface area contributed by atoms with E-state index in [0.29, 0.717) is 0 Å². The Hall–Kier alpha value is -0.570. The SMILES string of the molecule is CC(C)C(NCCCC1CCCC1)C(=O)O. The van der Waals surface area contributed by atoms with Gasteiger partial charge in [0.1, 0.15) is 6.04 Å². The van der Waals surface area contributed by atoms with Crippen LogP contribution in [0, 0.1) is 11.8 Å². The van der Waals surface area contributed by atoms with Crippen LogP contribution in [0.25, 0.3) is 0 Å². The van der Waals surface area contributed by atoms with Gasteiger partial charge in [-0.3, -0.25) is 4.79 Å². The Bertz CT molecular complexity index is 210. The predicted molar refractivity (Wildman–Crippen MR) is 65.5 cm³/mol. The van der Waals surface area contributed by atoms with Crippen molar-refractivity contribution in [2.24, 2.45) is 11.8 Å². The van der Waals surface area contributed by atoms with Crippen LogP contribution in [0.15, 0.2) is 0 Å². The summed E-state index contributed by atoms with van der Waals surface area (Å²) in [6.45, 7) is 4.73. The van der Waals surface area contributed by atoms with Crippen LogP contribution in [0.3, 0.4) is 0 Å². The van der Waals surface area contributed by atoms with Crippen LogP contribution in [0.5, 0.6) is 0 Å². The molecule has 16 heavy (non-hydrogen) atoms. The molecule has 0 aromatic carbocycles. The maximum absolute atomic E-state index is 10.9. The number of nitrogens with one attached hydrogen (secondary N) is 1. The second-order valence-electron chi connectivity index (χ2n) is 5.31. The lowest BCUT2D eigenvalue weighted by molar-refractivity contribution is -0.140. The van der Waals surface area contributed by atoms with Gasteiger partial charge in [0.25, 0.3) is 0 Å². The second kappa shape index (κ2) is 6.89. The van der Waals surface area contributed by atoms with Gasteiger partial charge in [-0.25, -0.2) is 0 Å². The van der Waals surface area contributed by atoms with Crippen molar-refractivity contribution in [3.8, 4) is 0 Å². The van der Waals surface area contributed by atoms with Gasteiger partial charge in [0.05, 0.1) is 0 Å². The van der Waals surface area contributed by atoms with Crippen molar-refractivity contribution in [1.82, 2.24) is 5.32 Å². The van der Waals surface area contributed by atoms with Crippen LogP contribution in [0.1, 0.15) is 52.4 Å². The van der Waals surface area contributed by atoms with Crippen LogP contribution in [0.2, 0.25) is 0 Å². The molecule has 1 aliphatic carbocycles. The molecule has 2 N–H and O–H groups in total. The number of rotatable bonds is 7. The molecule has 1 atom stereocenters. The Kier molecular flexibility index (Phi) is 5.81. The third-order valence-corrected chi connectivity index (χ3v) is 3.56. The molecule has 0 aromatic rings. The van der Waals surface area contributed by atoms with Gasteiger partial charge in [-0.1, -0.05) is 39.5 Å². The molecule has 3 heteroatoms. The van der Waals surface area contributed by atoms with Gasteiger partial charge in [-0.05, 0) is 31.2 Å². The summed E-state index contributed by atoms with van der Waals surface area (Å²) in [6, 6.07) is -0.386. The standard InChI is InChI=1S/C13H25NO2/c1-10(2)12(13(15)16)14-9-5-8-11-6-3-4-7-11/h10-12,14H,3-9H2,1-2H3,(H,15,16). The fraction of sp³-hybridized carbons (Fsp3) is 0.923. The summed E-state index contributed by atoms with van der Waals surface area (Å²) in [5.74, 6) is 0.337. The fourth-order valence-corrected chi connectivity index (χ4v) is 2.56. The van der Waals surface area contributed by atoms with Gasteiger partial charge >= 0.3 is 5.97 Å². The lowest BCUT2D eigenvalue weighted by atomic mass is 10.0. The molecule has 1 unspecified atom stereocenters. The molecule has 0 radical (unpaired) electrons. The molecule has 1 rings (SSSR count). The maximum atomic E-state index is 10.9. The van der Waals surface area contributed by atoms with Crippen molar-refractivity contribution in [2.75, 3.05) is 6.54 Å². The number of hydrogen-bond acceptors (Lipinski definition) is 2. The van der Waals surface area contributed by atoms with Gasteiger partial charge < -0.3 is 10.4 Å². The average molecular weight is 227 g/mol. The summed E-state index contributed by atoms with van der Waals surface area (Å²) in [4.78, 5) is 10.9.